The van der Waals surface area contributed by atoms with E-state index in [0.29, 0.717) is 0 Å². The smallest absolute Gasteiger partial charge is 0.250 e. The monoisotopic (exact) mass is 282 g/mol. The van der Waals surface area contributed by atoms with Gasteiger partial charge in [-0.05, 0) is 12.8 Å². The van der Waals surface area contributed by atoms with E-state index >= 15 is 0 Å². The van der Waals surface area contributed by atoms with Crippen LogP contribution in [-0.4, -0.2) is 9.78 Å². The summed E-state index contributed by atoms with van der Waals surface area (Å²) in [5.41, 5.74) is 0.00415. The molecule has 1 heterocycles. The van der Waals surface area contributed by atoms with E-state index in [1.54, 1.807) is 4.68 Å². The molecule has 2 nitrogen and oxygen atoms in total. The van der Waals surface area contributed by atoms with Gasteiger partial charge in [-0.2, -0.15) is 5.10 Å². The van der Waals surface area contributed by atoms with Crippen LogP contribution in [0.25, 0.3) is 0 Å². The molecule has 1 aromatic heterocycles. The molecule has 0 aliphatic heterocycles. The molecule has 0 saturated heterocycles. The number of nitrogens with zero attached hydrogens (tertiary/aromatic N) is 2. The first-order valence-corrected chi connectivity index (χ1v) is 6.67. The minimum Gasteiger partial charge on any atom is -0.250 e. The molecular weight excluding hydrogens is 269 g/mol. The lowest BCUT2D eigenvalue weighted by atomic mass is 9.96. The fraction of sp³-hybridized carbons (Fsp3) is 0.727. The Morgan fingerprint density at radius 2 is 1.94 bits per heavy atom. The molecule has 1 aromatic rings. The maximum atomic E-state index is 12.8. The molecule has 1 fully saturated rings. The SMILES string of the molecule is FC(F)c1nn(C2CCCCC2)c(Cl)c1CCl. The topological polar surface area (TPSA) is 17.8 Å². The van der Waals surface area contributed by atoms with Gasteiger partial charge in [-0.3, -0.25) is 4.68 Å². The second-order valence-corrected chi connectivity index (χ2v) is 4.95. The molecule has 6 heteroatoms. The van der Waals surface area contributed by atoms with Crippen LogP contribution in [-0.2, 0) is 5.88 Å². The molecule has 0 atom stereocenters. The Bertz CT molecular complexity index is 387. The molecule has 0 unspecified atom stereocenters. The van der Waals surface area contributed by atoms with Gasteiger partial charge >= 0.3 is 0 Å². The Morgan fingerprint density at radius 1 is 1.29 bits per heavy atom. The first-order valence-electron chi connectivity index (χ1n) is 5.76. The third kappa shape index (κ3) is 2.58. The zero-order chi connectivity index (χ0) is 12.4. The minimum absolute atomic E-state index is 0.0226. The lowest BCUT2D eigenvalue weighted by Gasteiger charge is -2.22. The molecular formula is C11H14Cl2F2N2. The number of alkyl halides is 3. The van der Waals surface area contributed by atoms with E-state index in [1.165, 1.54) is 6.42 Å². The molecule has 1 aliphatic rings. The summed E-state index contributed by atoms with van der Waals surface area (Å²) in [5.74, 6) is -0.0226. The number of aromatic nitrogens is 2. The first kappa shape index (κ1) is 13.1. The molecule has 0 amide bonds. The molecule has 17 heavy (non-hydrogen) atoms. The van der Waals surface area contributed by atoms with Crippen molar-refractivity contribution >= 4 is 23.2 Å². The van der Waals surface area contributed by atoms with Crippen LogP contribution in [0.3, 0.4) is 0 Å². The molecule has 2 rings (SSSR count). The third-order valence-corrected chi connectivity index (χ3v) is 3.90. The van der Waals surface area contributed by atoms with E-state index in [2.05, 4.69) is 5.10 Å². The zero-order valence-electron chi connectivity index (χ0n) is 9.30. The van der Waals surface area contributed by atoms with Gasteiger partial charge in [-0.1, -0.05) is 30.9 Å². The van der Waals surface area contributed by atoms with E-state index in [9.17, 15) is 8.78 Å². The highest BCUT2D eigenvalue weighted by atomic mass is 35.5. The van der Waals surface area contributed by atoms with E-state index in [4.69, 9.17) is 23.2 Å². The maximum Gasteiger partial charge on any atom is 0.282 e. The van der Waals surface area contributed by atoms with Crippen molar-refractivity contribution in [3.8, 4) is 0 Å². The van der Waals surface area contributed by atoms with Crippen molar-refractivity contribution in [1.82, 2.24) is 9.78 Å². The van der Waals surface area contributed by atoms with E-state index in [1.807, 2.05) is 0 Å². The van der Waals surface area contributed by atoms with Crippen LogP contribution in [0.5, 0.6) is 0 Å². The summed E-state index contributed by atoms with van der Waals surface area (Å²) < 4.78 is 27.1. The fourth-order valence-electron chi connectivity index (χ4n) is 2.33. The lowest BCUT2D eigenvalue weighted by molar-refractivity contribution is 0.143. The average Bonchev–Trinajstić information content (AvgIpc) is 2.67. The van der Waals surface area contributed by atoms with Crippen LogP contribution in [0.4, 0.5) is 8.78 Å². The number of rotatable bonds is 3. The van der Waals surface area contributed by atoms with Gasteiger partial charge in [0.2, 0.25) is 0 Å². The predicted octanol–water partition coefficient (Wildman–Crippen LogP) is 4.72. The molecule has 0 radical (unpaired) electrons. The summed E-state index contributed by atoms with van der Waals surface area (Å²) >= 11 is 11.8. The highest BCUT2D eigenvalue weighted by molar-refractivity contribution is 6.31. The largest absolute Gasteiger partial charge is 0.282 e. The van der Waals surface area contributed by atoms with Crippen LogP contribution in [0.15, 0.2) is 0 Å². The molecule has 0 spiro atoms. The van der Waals surface area contributed by atoms with Crippen LogP contribution in [0.1, 0.15) is 55.8 Å². The zero-order valence-corrected chi connectivity index (χ0v) is 10.8. The van der Waals surface area contributed by atoms with Crippen molar-refractivity contribution in [3.05, 3.63) is 16.4 Å². The normalized spacial score (nSPS) is 17.9. The van der Waals surface area contributed by atoms with Crippen molar-refractivity contribution in [3.63, 3.8) is 0 Å². The van der Waals surface area contributed by atoms with Crippen molar-refractivity contribution in [2.75, 3.05) is 0 Å². The third-order valence-electron chi connectivity index (χ3n) is 3.24. The van der Waals surface area contributed by atoms with Crippen LogP contribution in [0.2, 0.25) is 5.15 Å². The Labute approximate surface area is 109 Å². The van der Waals surface area contributed by atoms with Crippen molar-refractivity contribution in [2.24, 2.45) is 0 Å². The Kier molecular flexibility index (Phi) is 4.26. The Balaban J connectivity index is 2.33. The highest BCUT2D eigenvalue weighted by Crippen LogP contribution is 2.35. The second kappa shape index (κ2) is 5.53. The summed E-state index contributed by atoms with van der Waals surface area (Å²) in [6.45, 7) is 0. The summed E-state index contributed by atoms with van der Waals surface area (Å²) in [5, 5.41) is 4.23. The van der Waals surface area contributed by atoms with Gasteiger partial charge in [0.25, 0.3) is 6.43 Å². The standard InChI is InChI=1S/C11H14Cl2F2N2/c12-6-8-9(11(14)15)16-17(10(8)13)7-4-2-1-3-5-7/h7,11H,1-6H2. The van der Waals surface area contributed by atoms with Crippen LogP contribution >= 0.6 is 23.2 Å². The van der Waals surface area contributed by atoms with E-state index < -0.39 is 6.43 Å². The minimum atomic E-state index is -2.62. The summed E-state index contributed by atoms with van der Waals surface area (Å²) in [6.07, 6.45) is 2.67. The van der Waals surface area contributed by atoms with Gasteiger partial charge < -0.3 is 0 Å². The van der Waals surface area contributed by atoms with Crippen LogP contribution < -0.4 is 0 Å². The number of hydrogen-bond acceptors (Lipinski definition) is 1. The summed E-state index contributed by atoms with van der Waals surface area (Å²) in [6, 6.07) is 0.144. The van der Waals surface area contributed by atoms with Crippen LogP contribution in [0, 0.1) is 0 Å². The lowest BCUT2D eigenvalue weighted by Crippen LogP contribution is -2.14. The first-order chi connectivity index (χ1) is 8.15. The fourth-order valence-corrected chi connectivity index (χ4v) is 3.00. The molecule has 0 N–H and O–H groups in total. The number of hydrogen-bond donors (Lipinski definition) is 0. The van der Waals surface area contributed by atoms with Gasteiger partial charge in [-0.15, -0.1) is 11.6 Å². The van der Waals surface area contributed by atoms with Gasteiger partial charge in [0.1, 0.15) is 10.8 Å². The van der Waals surface area contributed by atoms with Crippen molar-refractivity contribution in [2.45, 2.75) is 50.5 Å². The Hall–Kier alpha value is -0.350. The van der Waals surface area contributed by atoms with Crippen molar-refractivity contribution < 1.29 is 8.78 Å². The molecule has 96 valence electrons. The van der Waals surface area contributed by atoms with Gasteiger partial charge in [-0.25, -0.2) is 8.78 Å². The quantitative estimate of drug-likeness (QED) is 0.734. The van der Waals surface area contributed by atoms with Gasteiger partial charge in [0.05, 0.1) is 11.9 Å². The predicted molar refractivity (Wildman–Crippen MR) is 63.9 cm³/mol. The van der Waals surface area contributed by atoms with Gasteiger partial charge in [0.15, 0.2) is 0 Å². The van der Waals surface area contributed by atoms with E-state index in [-0.39, 0.29) is 28.3 Å². The Morgan fingerprint density at radius 3 is 2.41 bits per heavy atom. The molecule has 1 aliphatic carbocycles. The van der Waals surface area contributed by atoms with E-state index in [0.717, 1.165) is 25.7 Å². The van der Waals surface area contributed by atoms with Crippen molar-refractivity contribution in [1.29, 1.82) is 0 Å². The number of halogens is 4. The summed E-state index contributed by atoms with van der Waals surface area (Å²) in [7, 11) is 0. The molecule has 0 bridgehead atoms. The second-order valence-electron chi connectivity index (χ2n) is 4.33. The summed E-state index contributed by atoms with van der Waals surface area (Å²) in [4.78, 5) is 0. The average molecular weight is 283 g/mol. The van der Waals surface area contributed by atoms with Gasteiger partial charge in [0, 0.05) is 5.56 Å². The highest BCUT2D eigenvalue weighted by Gasteiger charge is 2.26. The molecule has 0 aromatic carbocycles. The maximum absolute atomic E-state index is 12.8. The molecule has 1 saturated carbocycles.